The summed E-state index contributed by atoms with van der Waals surface area (Å²) in [6, 6.07) is 9.62. The average Bonchev–Trinajstić information content (AvgIpc) is 2.19. The molecule has 0 atom stereocenters. The maximum Gasteiger partial charge on any atom is 0.132 e. The Hall–Kier alpha value is -1.64. The summed E-state index contributed by atoms with van der Waals surface area (Å²) in [4.78, 5) is 7.93. The molecular formula is C10H13N3. The molecule has 1 aromatic carbocycles. The van der Waals surface area contributed by atoms with Crippen LogP contribution in [0.15, 0.2) is 40.3 Å². The average molecular weight is 175 g/mol. The van der Waals surface area contributed by atoms with Crippen LogP contribution in [-0.4, -0.2) is 18.7 Å². The highest BCUT2D eigenvalue weighted by Gasteiger charge is 1.93. The van der Waals surface area contributed by atoms with E-state index in [1.165, 1.54) is 6.34 Å². The zero-order chi connectivity index (χ0) is 9.52. The molecule has 0 aromatic heterocycles. The van der Waals surface area contributed by atoms with Gasteiger partial charge in [0.1, 0.15) is 12.2 Å². The number of amidine groups is 1. The van der Waals surface area contributed by atoms with Gasteiger partial charge in [-0.2, -0.15) is 0 Å². The van der Waals surface area contributed by atoms with E-state index in [9.17, 15) is 0 Å². The van der Waals surface area contributed by atoms with Crippen molar-refractivity contribution in [1.29, 1.82) is 0 Å². The Morgan fingerprint density at radius 3 is 2.69 bits per heavy atom. The molecule has 0 heterocycles. The van der Waals surface area contributed by atoms with Crippen LogP contribution in [0, 0.1) is 0 Å². The molecule has 3 nitrogen and oxygen atoms in total. The fourth-order valence-electron chi connectivity index (χ4n) is 0.868. The molecule has 0 spiro atoms. The molecule has 0 unspecified atom stereocenters. The minimum absolute atomic E-state index is 0.498. The fraction of sp³-hybridized carbons (Fsp3) is 0.200. The van der Waals surface area contributed by atoms with E-state index < -0.39 is 0 Å². The quantitative estimate of drug-likeness (QED) is 0.548. The van der Waals surface area contributed by atoms with Gasteiger partial charge in [-0.3, -0.25) is 4.99 Å². The third kappa shape index (κ3) is 3.07. The molecule has 0 aliphatic carbocycles. The Balaban J connectivity index is 2.73. The zero-order valence-electron chi connectivity index (χ0n) is 7.64. The second kappa shape index (κ2) is 5.09. The summed E-state index contributed by atoms with van der Waals surface area (Å²) in [6.07, 6.45) is 1.49. The smallest absolute Gasteiger partial charge is 0.132 e. The number of rotatable bonds is 3. The van der Waals surface area contributed by atoms with Crippen molar-refractivity contribution in [1.82, 2.24) is 0 Å². The Labute approximate surface area is 78.0 Å². The zero-order valence-corrected chi connectivity index (χ0v) is 7.64. The van der Waals surface area contributed by atoms with E-state index in [4.69, 9.17) is 5.73 Å². The number of hydrogen-bond donors (Lipinski definition) is 1. The summed E-state index contributed by atoms with van der Waals surface area (Å²) in [7, 11) is 0. The Morgan fingerprint density at radius 1 is 1.38 bits per heavy atom. The number of aliphatic imine (C=N–C) groups is 2. The first-order chi connectivity index (χ1) is 6.34. The molecule has 0 saturated heterocycles. The monoisotopic (exact) mass is 175 g/mol. The van der Waals surface area contributed by atoms with E-state index in [2.05, 4.69) is 9.98 Å². The highest BCUT2D eigenvalue weighted by Crippen LogP contribution is 1.96. The van der Waals surface area contributed by atoms with Crippen molar-refractivity contribution in [3.63, 3.8) is 0 Å². The second-order valence-electron chi connectivity index (χ2n) is 2.49. The molecule has 0 saturated carbocycles. The van der Waals surface area contributed by atoms with Gasteiger partial charge in [-0.15, -0.1) is 0 Å². The third-order valence-corrected chi connectivity index (χ3v) is 1.53. The van der Waals surface area contributed by atoms with Gasteiger partial charge in [0.2, 0.25) is 0 Å². The largest absolute Gasteiger partial charge is 0.383 e. The van der Waals surface area contributed by atoms with Crippen molar-refractivity contribution in [3.05, 3.63) is 35.9 Å². The molecule has 3 heteroatoms. The van der Waals surface area contributed by atoms with Crippen LogP contribution < -0.4 is 5.73 Å². The number of benzene rings is 1. The van der Waals surface area contributed by atoms with Crippen molar-refractivity contribution >= 4 is 12.2 Å². The minimum atomic E-state index is 0.498. The van der Waals surface area contributed by atoms with Crippen LogP contribution in [0.3, 0.4) is 0 Å². The van der Waals surface area contributed by atoms with Gasteiger partial charge in [0.15, 0.2) is 0 Å². The van der Waals surface area contributed by atoms with Gasteiger partial charge in [0.05, 0.1) is 0 Å². The van der Waals surface area contributed by atoms with E-state index >= 15 is 0 Å². The van der Waals surface area contributed by atoms with E-state index in [0.717, 1.165) is 12.1 Å². The molecule has 0 radical (unpaired) electrons. The summed E-state index contributed by atoms with van der Waals surface area (Å²) in [5.41, 5.74) is 6.62. The maximum absolute atomic E-state index is 5.69. The van der Waals surface area contributed by atoms with Gasteiger partial charge in [-0.1, -0.05) is 30.3 Å². The molecule has 68 valence electrons. The van der Waals surface area contributed by atoms with E-state index in [1.807, 2.05) is 37.3 Å². The second-order valence-corrected chi connectivity index (χ2v) is 2.49. The maximum atomic E-state index is 5.69. The van der Waals surface area contributed by atoms with Crippen molar-refractivity contribution in [2.75, 3.05) is 6.54 Å². The van der Waals surface area contributed by atoms with Gasteiger partial charge in [0.25, 0.3) is 0 Å². The van der Waals surface area contributed by atoms with Crippen LogP contribution in [0.25, 0.3) is 0 Å². The molecular weight excluding hydrogens is 162 g/mol. The van der Waals surface area contributed by atoms with Crippen molar-refractivity contribution in [2.45, 2.75) is 6.92 Å². The highest BCUT2D eigenvalue weighted by atomic mass is 14.9. The first-order valence-electron chi connectivity index (χ1n) is 4.21. The van der Waals surface area contributed by atoms with Crippen molar-refractivity contribution < 1.29 is 0 Å². The fourth-order valence-corrected chi connectivity index (χ4v) is 0.868. The van der Waals surface area contributed by atoms with Gasteiger partial charge >= 0.3 is 0 Å². The number of nitrogens with two attached hydrogens (primary N) is 1. The first kappa shape index (κ1) is 9.45. The molecule has 13 heavy (non-hydrogen) atoms. The van der Waals surface area contributed by atoms with Crippen LogP contribution in [-0.2, 0) is 0 Å². The lowest BCUT2D eigenvalue weighted by Gasteiger charge is -1.96. The molecule has 2 N–H and O–H groups in total. The van der Waals surface area contributed by atoms with Crippen LogP contribution in [0.5, 0.6) is 0 Å². The molecule has 0 bridgehead atoms. The van der Waals surface area contributed by atoms with Crippen LogP contribution >= 0.6 is 0 Å². The standard InChI is InChI=1S/C10H13N3/c1-2-12-8-13-10(11)9-6-4-3-5-7-9/h3-8H,2H2,1H3,(H2,11,12,13). The molecule has 0 aliphatic rings. The highest BCUT2D eigenvalue weighted by molar-refractivity contribution is 6.01. The lowest BCUT2D eigenvalue weighted by Crippen LogP contribution is -2.12. The number of nitrogens with zero attached hydrogens (tertiary/aromatic N) is 2. The van der Waals surface area contributed by atoms with E-state index in [-0.39, 0.29) is 0 Å². The summed E-state index contributed by atoms with van der Waals surface area (Å²) in [5.74, 6) is 0.498. The topological polar surface area (TPSA) is 50.7 Å². The SMILES string of the molecule is CC/N=C\N=C(/N)c1ccccc1. The van der Waals surface area contributed by atoms with Gasteiger partial charge in [-0.25, -0.2) is 4.99 Å². The molecule has 1 rings (SSSR count). The van der Waals surface area contributed by atoms with Crippen LogP contribution in [0.4, 0.5) is 0 Å². The van der Waals surface area contributed by atoms with Gasteiger partial charge in [-0.05, 0) is 6.92 Å². The Kier molecular flexibility index (Phi) is 3.70. The lowest BCUT2D eigenvalue weighted by atomic mass is 10.2. The lowest BCUT2D eigenvalue weighted by molar-refractivity contribution is 1.13. The first-order valence-corrected chi connectivity index (χ1v) is 4.21. The summed E-state index contributed by atoms with van der Waals surface area (Å²) in [6.45, 7) is 2.68. The molecule has 0 amide bonds. The summed E-state index contributed by atoms with van der Waals surface area (Å²) < 4.78 is 0. The van der Waals surface area contributed by atoms with E-state index in [0.29, 0.717) is 5.84 Å². The van der Waals surface area contributed by atoms with Gasteiger partial charge < -0.3 is 5.73 Å². The molecule has 1 aromatic rings. The van der Waals surface area contributed by atoms with Crippen molar-refractivity contribution in [3.8, 4) is 0 Å². The molecule has 0 aliphatic heterocycles. The summed E-state index contributed by atoms with van der Waals surface area (Å²) >= 11 is 0. The summed E-state index contributed by atoms with van der Waals surface area (Å²) in [5, 5.41) is 0. The van der Waals surface area contributed by atoms with Gasteiger partial charge in [0, 0.05) is 12.1 Å². The molecule has 0 fully saturated rings. The predicted molar refractivity (Wildman–Crippen MR) is 56.2 cm³/mol. The predicted octanol–water partition coefficient (Wildman–Crippen LogP) is 1.44. The van der Waals surface area contributed by atoms with Crippen LogP contribution in [0.2, 0.25) is 0 Å². The number of hydrogen-bond acceptors (Lipinski definition) is 1. The van der Waals surface area contributed by atoms with Crippen molar-refractivity contribution in [2.24, 2.45) is 15.7 Å². The van der Waals surface area contributed by atoms with Crippen LogP contribution in [0.1, 0.15) is 12.5 Å². The minimum Gasteiger partial charge on any atom is -0.383 e. The van der Waals surface area contributed by atoms with E-state index in [1.54, 1.807) is 0 Å². The Bertz CT molecular complexity index is 301. The third-order valence-electron chi connectivity index (χ3n) is 1.53. The normalized spacial score (nSPS) is 12.2. The Morgan fingerprint density at radius 2 is 2.08 bits per heavy atom.